The number of benzene rings is 1. The lowest BCUT2D eigenvalue weighted by molar-refractivity contribution is 0.612. The zero-order valence-electron chi connectivity index (χ0n) is 19.3. The van der Waals surface area contributed by atoms with E-state index in [4.69, 9.17) is 31.6 Å². The van der Waals surface area contributed by atoms with Crippen LogP contribution in [0.1, 0.15) is 30.0 Å². The number of alkyl halides is 1. The fraction of sp³-hybridized carbons (Fsp3) is 0.391. The average Bonchev–Trinajstić information content (AvgIpc) is 2.76. The molecule has 0 spiro atoms. The zero-order valence-corrected chi connectivity index (χ0v) is 20.8. The maximum Gasteiger partial charge on any atom is 0.228 e. The van der Waals surface area contributed by atoms with Crippen LogP contribution >= 0.6 is 22.9 Å². The minimum absolute atomic E-state index is 0.534. The van der Waals surface area contributed by atoms with Gasteiger partial charge < -0.3 is 15.1 Å². The van der Waals surface area contributed by atoms with E-state index >= 15 is 0 Å². The Bertz CT molecular complexity index is 1200. The third kappa shape index (κ3) is 4.17. The van der Waals surface area contributed by atoms with E-state index in [9.17, 15) is 0 Å². The molecule has 0 fully saturated rings. The van der Waals surface area contributed by atoms with Gasteiger partial charge in [-0.15, -0.1) is 0 Å². The third-order valence-corrected chi connectivity index (χ3v) is 6.49. The van der Waals surface area contributed by atoms with Crippen LogP contribution in [-0.2, 0) is 0 Å². The zero-order chi connectivity index (χ0) is 23.0. The van der Waals surface area contributed by atoms with Crippen LogP contribution in [0, 0.1) is 6.92 Å². The molecule has 168 valence electrons. The number of nitrogens with one attached hydrogen (secondary N) is 1. The second kappa shape index (κ2) is 9.03. The van der Waals surface area contributed by atoms with Crippen molar-refractivity contribution in [2.45, 2.75) is 25.8 Å². The van der Waals surface area contributed by atoms with Gasteiger partial charge in [0.15, 0.2) is 16.9 Å². The fourth-order valence-electron chi connectivity index (χ4n) is 3.52. The standard InChI is InChI=1S/C23H28ClN7S/c1-7-12-25-19-17-15(14-10-8-13(2)9-11-14)16-18(24)26-22(30(3)4)28-20(16)32-21(17)29-23(27-19)31(5)6/h8-11,18H,7,12H2,1-6H3,(H,26,28). The van der Waals surface area contributed by atoms with Gasteiger partial charge in [0.1, 0.15) is 10.0 Å². The lowest BCUT2D eigenvalue weighted by Gasteiger charge is -2.29. The number of guanidine groups is 1. The van der Waals surface area contributed by atoms with Gasteiger partial charge in [-0.05, 0) is 18.9 Å². The SMILES string of the molecule is CCCN=c1nc(N(C)C)nc2sc3c(c(-c4ccc(C)cc4)c1-2)C(Cl)N=C(N(C)C)N3. The molecule has 1 aromatic carbocycles. The third-order valence-electron chi connectivity index (χ3n) is 5.16. The van der Waals surface area contributed by atoms with Crippen LogP contribution in [0.4, 0.5) is 10.9 Å². The van der Waals surface area contributed by atoms with Crippen molar-refractivity contribution in [2.24, 2.45) is 9.98 Å². The van der Waals surface area contributed by atoms with E-state index in [0.717, 1.165) is 44.6 Å². The predicted molar refractivity (Wildman–Crippen MR) is 135 cm³/mol. The number of anilines is 2. The van der Waals surface area contributed by atoms with Crippen molar-refractivity contribution in [3.05, 3.63) is 40.9 Å². The molecule has 0 amide bonds. The maximum atomic E-state index is 6.88. The lowest BCUT2D eigenvalue weighted by Crippen LogP contribution is -2.33. The molecule has 0 saturated carbocycles. The van der Waals surface area contributed by atoms with Crippen LogP contribution < -0.4 is 15.7 Å². The summed E-state index contributed by atoms with van der Waals surface area (Å²) in [6, 6.07) is 8.45. The van der Waals surface area contributed by atoms with Gasteiger partial charge >= 0.3 is 0 Å². The van der Waals surface area contributed by atoms with Crippen LogP contribution in [0.25, 0.3) is 21.7 Å². The fourth-order valence-corrected chi connectivity index (χ4v) is 4.97. The number of nitrogens with zero attached hydrogens (tertiary/aromatic N) is 6. The Morgan fingerprint density at radius 3 is 2.41 bits per heavy atom. The van der Waals surface area contributed by atoms with Gasteiger partial charge in [-0.2, -0.15) is 4.98 Å². The quantitative estimate of drug-likeness (QED) is 0.447. The molecule has 1 aromatic rings. The Morgan fingerprint density at radius 2 is 1.78 bits per heavy atom. The van der Waals surface area contributed by atoms with E-state index in [-0.39, 0.29) is 0 Å². The minimum Gasteiger partial charge on any atom is -0.349 e. The number of fused-ring (bicyclic) bond motifs is 2. The Morgan fingerprint density at radius 1 is 1.06 bits per heavy atom. The van der Waals surface area contributed by atoms with Gasteiger partial charge in [-0.1, -0.05) is 59.7 Å². The topological polar surface area (TPSA) is 69.0 Å². The first-order valence-electron chi connectivity index (χ1n) is 10.6. The van der Waals surface area contributed by atoms with Gasteiger partial charge in [0.2, 0.25) is 5.95 Å². The Balaban J connectivity index is 2.12. The maximum absolute atomic E-state index is 6.88. The summed E-state index contributed by atoms with van der Waals surface area (Å²) in [6.45, 7) is 4.89. The van der Waals surface area contributed by atoms with Crippen LogP contribution in [0.3, 0.4) is 0 Å². The van der Waals surface area contributed by atoms with E-state index in [1.165, 1.54) is 5.56 Å². The number of rotatable bonds is 4. The van der Waals surface area contributed by atoms with E-state index in [1.54, 1.807) is 11.3 Å². The Labute approximate surface area is 197 Å². The highest BCUT2D eigenvalue weighted by atomic mass is 35.5. The first kappa shape index (κ1) is 22.5. The molecule has 32 heavy (non-hydrogen) atoms. The monoisotopic (exact) mass is 469 g/mol. The first-order valence-corrected chi connectivity index (χ1v) is 11.8. The highest BCUT2D eigenvalue weighted by Crippen LogP contribution is 2.48. The molecule has 3 aliphatic rings. The van der Waals surface area contributed by atoms with Crippen molar-refractivity contribution in [2.75, 3.05) is 45.0 Å². The predicted octanol–water partition coefficient (Wildman–Crippen LogP) is 4.58. The van der Waals surface area contributed by atoms with Crippen molar-refractivity contribution >= 4 is 39.8 Å². The summed E-state index contributed by atoms with van der Waals surface area (Å²) in [5.74, 6) is 1.36. The van der Waals surface area contributed by atoms with E-state index in [2.05, 4.69) is 43.4 Å². The number of hydrogen-bond acceptors (Lipinski definition) is 8. The second-order valence-corrected chi connectivity index (χ2v) is 9.61. The van der Waals surface area contributed by atoms with Crippen molar-refractivity contribution < 1.29 is 0 Å². The molecule has 0 aromatic heterocycles. The highest BCUT2D eigenvalue weighted by Gasteiger charge is 2.31. The molecule has 4 rings (SSSR count). The number of hydrogen-bond donors (Lipinski definition) is 1. The van der Waals surface area contributed by atoms with Crippen LogP contribution in [-0.4, -0.2) is 55.6 Å². The molecular formula is C23H28ClN7S. The van der Waals surface area contributed by atoms with Crippen molar-refractivity contribution in [3.63, 3.8) is 0 Å². The lowest BCUT2D eigenvalue weighted by atomic mass is 9.95. The van der Waals surface area contributed by atoms with Gasteiger partial charge in [0, 0.05) is 45.9 Å². The van der Waals surface area contributed by atoms with Gasteiger partial charge in [0.05, 0.1) is 5.56 Å². The first-order chi connectivity index (χ1) is 15.3. The number of aliphatic imine (C=N–C) groups is 1. The van der Waals surface area contributed by atoms with E-state index in [1.807, 2.05) is 38.0 Å². The molecule has 1 unspecified atom stereocenters. The highest BCUT2D eigenvalue weighted by molar-refractivity contribution is 7.19. The summed E-state index contributed by atoms with van der Waals surface area (Å²) >= 11 is 8.45. The number of halogens is 1. The molecular weight excluding hydrogens is 442 g/mol. The smallest absolute Gasteiger partial charge is 0.228 e. The van der Waals surface area contributed by atoms with Crippen LogP contribution in [0.15, 0.2) is 34.3 Å². The summed E-state index contributed by atoms with van der Waals surface area (Å²) in [5, 5.41) is 5.26. The van der Waals surface area contributed by atoms with Crippen molar-refractivity contribution in [1.29, 1.82) is 0 Å². The van der Waals surface area contributed by atoms with Crippen molar-refractivity contribution in [1.82, 2.24) is 14.9 Å². The summed E-state index contributed by atoms with van der Waals surface area (Å²) in [4.78, 5) is 23.1. The second-order valence-electron chi connectivity index (χ2n) is 8.20. The molecule has 1 atom stereocenters. The molecule has 1 N–H and O–H groups in total. The van der Waals surface area contributed by atoms with Gasteiger partial charge in [0.25, 0.3) is 0 Å². The molecule has 3 heterocycles. The summed E-state index contributed by atoms with van der Waals surface area (Å²) in [7, 11) is 7.78. The molecule has 0 aliphatic carbocycles. The minimum atomic E-state index is -0.534. The van der Waals surface area contributed by atoms with E-state index in [0.29, 0.717) is 18.0 Å². The summed E-state index contributed by atoms with van der Waals surface area (Å²) < 4.78 is 0. The van der Waals surface area contributed by atoms with Crippen LogP contribution in [0.2, 0.25) is 0 Å². The van der Waals surface area contributed by atoms with Crippen LogP contribution in [0.5, 0.6) is 0 Å². The largest absolute Gasteiger partial charge is 0.349 e. The van der Waals surface area contributed by atoms with Gasteiger partial charge in [-0.25, -0.2) is 9.98 Å². The summed E-state index contributed by atoms with van der Waals surface area (Å²) in [5.41, 5.74) is 5.26. The van der Waals surface area contributed by atoms with E-state index < -0.39 is 5.50 Å². The molecule has 9 heteroatoms. The molecule has 7 nitrogen and oxygen atoms in total. The Kier molecular flexibility index (Phi) is 6.35. The normalized spacial score (nSPS) is 15.9. The number of aromatic nitrogens is 2. The number of aryl methyl sites for hydroxylation is 1. The molecule has 0 radical (unpaired) electrons. The van der Waals surface area contributed by atoms with Gasteiger partial charge in [-0.3, -0.25) is 4.99 Å². The summed E-state index contributed by atoms with van der Waals surface area (Å²) in [6.07, 6.45) is 0.938. The molecule has 0 bridgehead atoms. The van der Waals surface area contributed by atoms with Crippen molar-refractivity contribution in [3.8, 4) is 21.7 Å². The Hall–Kier alpha value is -2.71. The average molecular weight is 470 g/mol. The molecule has 0 saturated heterocycles. The molecule has 3 aliphatic heterocycles.